The van der Waals surface area contributed by atoms with Gasteiger partial charge in [0.1, 0.15) is 11.5 Å². The van der Waals surface area contributed by atoms with Gasteiger partial charge in [0.15, 0.2) is 11.5 Å². The van der Waals surface area contributed by atoms with Crippen LogP contribution < -0.4 is 19.5 Å². The van der Waals surface area contributed by atoms with Crippen molar-refractivity contribution in [1.82, 2.24) is 4.31 Å². The van der Waals surface area contributed by atoms with E-state index in [4.69, 9.17) is 18.6 Å². The van der Waals surface area contributed by atoms with Crippen LogP contribution in [0.1, 0.15) is 19.1 Å². The lowest BCUT2D eigenvalue weighted by molar-refractivity contribution is -0.116. The molecule has 4 rings (SSSR count). The number of furan rings is 1. The van der Waals surface area contributed by atoms with Crippen LogP contribution in [-0.2, 0) is 21.4 Å². The summed E-state index contributed by atoms with van der Waals surface area (Å²) in [5, 5.41) is 2.74. The first-order valence-corrected chi connectivity index (χ1v) is 12.3. The molecular formula is C24H26N2O7S. The molecule has 0 saturated carbocycles. The van der Waals surface area contributed by atoms with Crippen LogP contribution >= 0.6 is 0 Å². The Kier molecular flexibility index (Phi) is 7.39. The average Bonchev–Trinajstić information content (AvgIpc) is 3.22. The molecule has 1 N–H and O–H groups in total. The van der Waals surface area contributed by atoms with Gasteiger partial charge in [-0.05, 0) is 55.5 Å². The van der Waals surface area contributed by atoms with Crippen LogP contribution in [0.15, 0.2) is 70.2 Å². The number of ether oxygens (including phenoxy) is 3. The largest absolute Gasteiger partial charge is 0.494 e. The molecule has 2 aromatic carbocycles. The molecule has 1 aromatic heterocycles. The zero-order valence-corrected chi connectivity index (χ0v) is 19.5. The molecule has 10 heteroatoms. The van der Waals surface area contributed by atoms with Crippen molar-refractivity contribution in [2.24, 2.45) is 0 Å². The minimum atomic E-state index is -4.00. The molecule has 1 amide bonds. The molecule has 1 aliphatic rings. The van der Waals surface area contributed by atoms with E-state index in [1.54, 1.807) is 42.5 Å². The summed E-state index contributed by atoms with van der Waals surface area (Å²) in [4.78, 5) is 12.9. The van der Waals surface area contributed by atoms with Crippen molar-refractivity contribution in [2.45, 2.75) is 24.8 Å². The minimum Gasteiger partial charge on any atom is -0.494 e. The Morgan fingerprint density at radius 2 is 1.82 bits per heavy atom. The van der Waals surface area contributed by atoms with Gasteiger partial charge in [0.25, 0.3) is 0 Å². The number of carbonyl (C=O) groups is 1. The fraction of sp³-hybridized carbons (Fsp3) is 0.292. The maximum Gasteiger partial charge on any atom is 0.243 e. The normalized spacial score (nSPS) is 13.4. The molecule has 2 heterocycles. The third kappa shape index (κ3) is 5.70. The van der Waals surface area contributed by atoms with E-state index in [9.17, 15) is 13.2 Å². The fourth-order valence-corrected chi connectivity index (χ4v) is 4.79. The summed E-state index contributed by atoms with van der Waals surface area (Å²) in [5.41, 5.74) is 0.477. The Morgan fingerprint density at radius 3 is 2.53 bits per heavy atom. The fourth-order valence-electron chi connectivity index (χ4n) is 3.43. The highest BCUT2D eigenvalue weighted by molar-refractivity contribution is 7.89. The van der Waals surface area contributed by atoms with Crippen LogP contribution in [0.3, 0.4) is 0 Å². The Labute approximate surface area is 198 Å². The smallest absolute Gasteiger partial charge is 0.243 e. The number of nitrogens with zero attached hydrogens (tertiary/aromatic N) is 1. The number of amides is 1. The average molecular weight is 487 g/mol. The van der Waals surface area contributed by atoms with E-state index in [0.717, 1.165) is 10.7 Å². The van der Waals surface area contributed by atoms with Gasteiger partial charge in [0, 0.05) is 18.2 Å². The standard InChI is InChI=1S/C24H26N2O7S/c1-2-30-19-7-9-21(10-8-19)34(28,29)26(16-20-5-3-12-31-20)17-24(27)25-18-6-11-22-23(15-18)33-14-4-13-32-22/h3,5-12,15H,2,4,13-14,16-17H2,1H3,(H,25,27). The number of hydrogen-bond acceptors (Lipinski definition) is 7. The SMILES string of the molecule is CCOc1ccc(S(=O)(=O)N(CC(=O)Nc2ccc3c(c2)OCCCO3)Cc2ccco2)cc1. The summed E-state index contributed by atoms with van der Waals surface area (Å²) in [7, 11) is -4.00. The van der Waals surface area contributed by atoms with Crippen molar-refractivity contribution in [3.63, 3.8) is 0 Å². The monoisotopic (exact) mass is 486 g/mol. The number of carbonyl (C=O) groups excluding carboxylic acids is 1. The summed E-state index contributed by atoms with van der Waals surface area (Å²) >= 11 is 0. The molecule has 0 atom stereocenters. The Morgan fingerprint density at radius 1 is 1.06 bits per heavy atom. The molecule has 3 aromatic rings. The number of sulfonamides is 1. The molecule has 0 spiro atoms. The molecule has 34 heavy (non-hydrogen) atoms. The van der Waals surface area contributed by atoms with Crippen molar-refractivity contribution >= 4 is 21.6 Å². The van der Waals surface area contributed by atoms with Crippen LogP contribution in [0.2, 0.25) is 0 Å². The summed E-state index contributed by atoms with van der Waals surface area (Å²) in [6, 6.07) is 14.5. The molecule has 0 saturated heterocycles. The Hall–Kier alpha value is -3.50. The number of hydrogen-bond donors (Lipinski definition) is 1. The first-order valence-electron chi connectivity index (χ1n) is 10.9. The van der Waals surface area contributed by atoms with E-state index in [0.29, 0.717) is 48.5 Å². The van der Waals surface area contributed by atoms with Crippen LogP contribution in [0.5, 0.6) is 17.2 Å². The molecule has 0 aliphatic carbocycles. The summed E-state index contributed by atoms with van der Waals surface area (Å²) in [6.07, 6.45) is 2.22. The predicted octanol–water partition coefficient (Wildman–Crippen LogP) is 3.67. The van der Waals surface area contributed by atoms with Gasteiger partial charge < -0.3 is 23.9 Å². The van der Waals surface area contributed by atoms with Gasteiger partial charge in [-0.15, -0.1) is 0 Å². The Bertz CT molecular complexity index is 1210. The third-order valence-electron chi connectivity index (χ3n) is 5.04. The number of benzene rings is 2. The Balaban J connectivity index is 1.52. The van der Waals surface area contributed by atoms with E-state index < -0.39 is 22.5 Å². The van der Waals surface area contributed by atoms with Gasteiger partial charge in [0.2, 0.25) is 15.9 Å². The highest BCUT2D eigenvalue weighted by Crippen LogP contribution is 2.32. The van der Waals surface area contributed by atoms with Crippen molar-refractivity contribution in [3.05, 3.63) is 66.6 Å². The van der Waals surface area contributed by atoms with Gasteiger partial charge in [-0.25, -0.2) is 8.42 Å². The topological polar surface area (TPSA) is 107 Å². The van der Waals surface area contributed by atoms with Crippen molar-refractivity contribution < 1.29 is 31.8 Å². The van der Waals surface area contributed by atoms with Gasteiger partial charge in [0.05, 0.1) is 44.1 Å². The highest BCUT2D eigenvalue weighted by Gasteiger charge is 2.28. The molecule has 0 radical (unpaired) electrons. The van der Waals surface area contributed by atoms with Crippen molar-refractivity contribution in [3.8, 4) is 17.2 Å². The van der Waals surface area contributed by atoms with Gasteiger partial charge in [-0.1, -0.05) is 0 Å². The van der Waals surface area contributed by atoms with Crippen molar-refractivity contribution in [2.75, 3.05) is 31.7 Å². The quantitative estimate of drug-likeness (QED) is 0.492. The second kappa shape index (κ2) is 10.6. The van der Waals surface area contributed by atoms with E-state index in [1.807, 2.05) is 6.92 Å². The predicted molar refractivity (Wildman–Crippen MR) is 125 cm³/mol. The minimum absolute atomic E-state index is 0.0471. The number of rotatable bonds is 9. The van der Waals surface area contributed by atoms with Crippen molar-refractivity contribution in [1.29, 1.82) is 0 Å². The maximum atomic E-state index is 13.4. The summed E-state index contributed by atoms with van der Waals surface area (Å²) in [5.74, 6) is 1.61. The first-order chi connectivity index (χ1) is 16.5. The highest BCUT2D eigenvalue weighted by atomic mass is 32.2. The molecule has 0 bridgehead atoms. The molecule has 0 fully saturated rings. The van der Waals surface area contributed by atoms with Crippen LogP contribution in [0, 0.1) is 0 Å². The lowest BCUT2D eigenvalue weighted by atomic mass is 10.2. The van der Waals surface area contributed by atoms with Gasteiger partial charge in [-0.2, -0.15) is 4.31 Å². The van der Waals surface area contributed by atoms with E-state index in [1.165, 1.54) is 18.4 Å². The summed E-state index contributed by atoms with van der Waals surface area (Å²) < 4.78 is 49.8. The second-order valence-electron chi connectivity index (χ2n) is 7.52. The zero-order valence-electron chi connectivity index (χ0n) is 18.7. The first kappa shape index (κ1) is 23.7. The second-order valence-corrected chi connectivity index (χ2v) is 9.45. The molecule has 1 aliphatic heterocycles. The molecule has 0 unspecified atom stereocenters. The van der Waals surface area contributed by atoms with Gasteiger partial charge >= 0.3 is 0 Å². The van der Waals surface area contributed by atoms with Gasteiger partial charge in [-0.3, -0.25) is 4.79 Å². The number of nitrogens with one attached hydrogen (secondary N) is 1. The molecular weight excluding hydrogens is 460 g/mol. The van der Waals surface area contributed by atoms with Crippen LogP contribution in [0.4, 0.5) is 5.69 Å². The number of anilines is 1. The van der Waals surface area contributed by atoms with E-state index >= 15 is 0 Å². The summed E-state index contributed by atoms with van der Waals surface area (Å²) in [6.45, 7) is 2.88. The van der Waals surface area contributed by atoms with Crippen LogP contribution in [0.25, 0.3) is 0 Å². The number of fused-ring (bicyclic) bond motifs is 1. The maximum absolute atomic E-state index is 13.4. The zero-order chi connectivity index (χ0) is 24.0. The lowest BCUT2D eigenvalue weighted by Crippen LogP contribution is -2.37. The molecule has 180 valence electrons. The third-order valence-corrected chi connectivity index (χ3v) is 6.84. The van der Waals surface area contributed by atoms with E-state index in [2.05, 4.69) is 5.32 Å². The molecule has 9 nitrogen and oxygen atoms in total. The lowest BCUT2D eigenvalue weighted by Gasteiger charge is -2.21. The van der Waals surface area contributed by atoms with Crippen LogP contribution in [-0.4, -0.2) is 45.0 Å². The van der Waals surface area contributed by atoms with E-state index in [-0.39, 0.29) is 11.4 Å².